The SMILES string of the molecule is CCCN(CCN(CCC)P(=O)(Oc1ccccc1)Oc1ccccc1)P(=O)(Oc1ccccc1)Oc1ccccc1. The third kappa shape index (κ3) is 8.98. The Bertz CT molecular complexity index is 1230. The van der Waals surface area contributed by atoms with Gasteiger partial charge in [-0.2, -0.15) is 9.34 Å². The van der Waals surface area contributed by atoms with Crippen molar-refractivity contribution in [2.75, 3.05) is 26.2 Å². The Hall–Kier alpha value is -3.54. The van der Waals surface area contributed by atoms with Crippen molar-refractivity contribution in [1.82, 2.24) is 9.34 Å². The highest BCUT2D eigenvalue weighted by atomic mass is 31.2. The fraction of sp³-hybridized carbons (Fsp3) is 0.250. The van der Waals surface area contributed by atoms with Gasteiger partial charge in [0.05, 0.1) is 0 Å². The van der Waals surface area contributed by atoms with Gasteiger partial charge in [-0.25, -0.2) is 9.13 Å². The van der Waals surface area contributed by atoms with Gasteiger partial charge in [-0.1, -0.05) is 86.6 Å². The number of hydrogen-bond donors (Lipinski definition) is 0. The Morgan fingerprint density at radius 3 is 0.881 bits per heavy atom. The van der Waals surface area contributed by atoms with Gasteiger partial charge in [0.15, 0.2) is 0 Å². The van der Waals surface area contributed by atoms with Gasteiger partial charge in [0.1, 0.15) is 23.0 Å². The first-order valence-corrected chi connectivity index (χ1v) is 17.1. The Balaban J connectivity index is 1.64. The molecule has 8 nitrogen and oxygen atoms in total. The molecule has 0 atom stereocenters. The molecule has 4 rings (SSSR count). The third-order valence-electron chi connectivity index (χ3n) is 6.13. The number of nitrogens with zero attached hydrogens (tertiary/aromatic N) is 2. The van der Waals surface area contributed by atoms with Crippen molar-refractivity contribution in [3.63, 3.8) is 0 Å². The summed E-state index contributed by atoms with van der Waals surface area (Å²) in [7, 11) is -7.83. The van der Waals surface area contributed by atoms with Gasteiger partial charge in [-0.15, -0.1) is 0 Å². The molecule has 0 aliphatic heterocycles. The minimum Gasteiger partial charge on any atom is -0.404 e. The predicted octanol–water partition coefficient (Wildman–Crippen LogP) is 8.94. The van der Waals surface area contributed by atoms with E-state index in [2.05, 4.69) is 0 Å². The van der Waals surface area contributed by atoms with E-state index in [1.165, 1.54) is 0 Å². The van der Waals surface area contributed by atoms with Crippen molar-refractivity contribution >= 4 is 15.5 Å². The summed E-state index contributed by atoms with van der Waals surface area (Å²) in [6.45, 7) is 5.25. The van der Waals surface area contributed by atoms with Crippen molar-refractivity contribution in [3.8, 4) is 23.0 Å². The van der Waals surface area contributed by atoms with Gasteiger partial charge in [0, 0.05) is 26.2 Å². The van der Waals surface area contributed by atoms with Gasteiger partial charge < -0.3 is 18.1 Å². The summed E-state index contributed by atoms with van der Waals surface area (Å²) in [5.41, 5.74) is 0. The van der Waals surface area contributed by atoms with Crippen LogP contribution in [0.5, 0.6) is 23.0 Å². The fourth-order valence-corrected chi connectivity index (χ4v) is 7.83. The molecule has 0 radical (unpaired) electrons. The highest BCUT2D eigenvalue weighted by molar-refractivity contribution is 7.52. The molecule has 0 spiro atoms. The third-order valence-corrected chi connectivity index (χ3v) is 10.1. The van der Waals surface area contributed by atoms with Crippen LogP contribution in [-0.2, 0) is 9.13 Å². The lowest BCUT2D eigenvalue weighted by Crippen LogP contribution is -2.36. The molecule has 0 bridgehead atoms. The van der Waals surface area contributed by atoms with Gasteiger partial charge in [0.25, 0.3) is 0 Å². The van der Waals surface area contributed by atoms with Crippen LogP contribution in [0.4, 0.5) is 0 Å². The van der Waals surface area contributed by atoms with Crippen LogP contribution < -0.4 is 18.1 Å². The normalized spacial score (nSPS) is 11.8. The van der Waals surface area contributed by atoms with E-state index in [0.29, 0.717) is 48.9 Å². The van der Waals surface area contributed by atoms with Gasteiger partial charge in [-0.3, -0.25) is 0 Å². The van der Waals surface area contributed by atoms with Crippen LogP contribution in [0.3, 0.4) is 0 Å². The number of rotatable bonds is 17. The summed E-state index contributed by atoms with van der Waals surface area (Å²) in [6.07, 6.45) is 1.37. The van der Waals surface area contributed by atoms with Crippen LogP contribution in [0.15, 0.2) is 121 Å². The van der Waals surface area contributed by atoms with E-state index in [4.69, 9.17) is 18.1 Å². The van der Waals surface area contributed by atoms with Crippen LogP contribution in [0, 0.1) is 0 Å². The monoisotopic (exact) mass is 608 g/mol. The number of benzene rings is 4. The van der Waals surface area contributed by atoms with Gasteiger partial charge in [0.2, 0.25) is 0 Å². The van der Waals surface area contributed by atoms with Crippen molar-refractivity contribution in [2.45, 2.75) is 26.7 Å². The second kappa shape index (κ2) is 15.6. The summed E-state index contributed by atoms with van der Waals surface area (Å²) in [4.78, 5) is 0. The van der Waals surface area contributed by atoms with Crippen LogP contribution in [0.2, 0.25) is 0 Å². The van der Waals surface area contributed by atoms with Crippen LogP contribution >= 0.6 is 15.5 Å². The highest BCUT2D eigenvalue weighted by Gasteiger charge is 2.41. The zero-order valence-corrected chi connectivity index (χ0v) is 25.8. The van der Waals surface area contributed by atoms with Gasteiger partial charge in [-0.05, 0) is 61.4 Å². The fourth-order valence-electron chi connectivity index (χ4n) is 4.19. The molecule has 42 heavy (non-hydrogen) atoms. The van der Waals surface area contributed by atoms with E-state index in [1.807, 2.05) is 86.6 Å². The minimum absolute atomic E-state index is 0.213. The maximum atomic E-state index is 14.6. The average molecular weight is 609 g/mol. The molecule has 4 aromatic carbocycles. The maximum absolute atomic E-state index is 14.6. The Morgan fingerprint density at radius 2 is 0.667 bits per heavy atom. The molecular weight excluding hydrogens is 570 g/mol. The lowest BCUT2D eigenvalue weighted by molar-refractivity contribution is 0.242. The maximum Gasteiger partial charge on any atom is 0.515 e. The van der Waals surface area contributed by atoms with E-state index in [1.54, 1.807) is 57.9 Å². The molecule has 0 N–H and O–H groups in total. The summed E-state index contributed by atoms with van der Waals surface area (Å²) < 4.78 is 56.9. The first-order valence-electron chi connectivity index (χ1n) is 14.1. The zero-order valence-electron chi connectivity index (χ0n) is 24.0. The molecule has 0 aliphatic rings. The van der Waals surface area contributed by atoms with Crippen molar-refractivity contribution in [3.05, 3.63) is 121 Å². The molecule has 10 heteroatoms. The first-order chi connectivity index (χ1) is 20.4. The molecule has 0 saturated carbocycles. The van der Waals surface area contributed by atoms with E-state index in [-0.39, 0.29) is 13.1 Å². The molecule has 0 aromatic heterocycles. The largest absolute Gasteiger partial charge is 0.515 e. The van der Waals surface area contributed by atoms with E-state index >= 15 is 0 Å². The first kappa shape index (κ1) is 31.4. The van der Waals surface area contributed by atoms with Crippen molar-refractivity contribution in [2.24, 2.45) is 0 Å². The second-order valence-corrected chi connectivity index (χ2v) is 13.2. The molecule has 0 aliphatic carbocycles. The Morgan fingerprint density at radius 1 is 0.429 bits per heavy atom. The zero-order chi connectivity index (χ0) is 29.7. The summed E-state index contributed by atoms with van der Waals surface area (Å²) >= 11 is 0. The standard InChI is InChI=1S/C32H38N2O6P2/c1-3-25-33(41(35,37-29-17-9-5-10-18-29)38-30-19-11-6-12-20-30)27-28-34(26-4-2)42(36,39-31-21-13-7-14-22-31)40-32-23-15-8-16-24-32/h5-24H,3-4,25-28H2,1-2H3. The second-order valence-electron chi connectivity index (χ2n) is 9.46. The smallest absolute Gasteiger partial charge is 0.404 e. The average Bonchev–Trinajstić information content (AvgIpc) is 3.00. The predicted molar refractivity (Wildman–Crippen MR) is 167 cm³/mol. The molecule has 0 fully saturated rings. The summed E-state index contributed by atoms with van der Waals surface area (Å²) in [5, 5.41) is 0. The molecular formula is C32H38N2O6P2. The lowest BCUT2D eigenvalue weighted by Gasteiger charge is -2.34. The quantitative estimate of drug-likeness (QED) is 0.110. The Labute approximate surface area is 249 Å². The minimum atomic E-state index is -3.91. The number of hydrogen-bond acceptors (Lipinski definition) is 6. The van der Waals surface area contributed by atoms with E-state index in [0.717, 1.165) is 0 Å². The van der Waals surface area contributed by atoms with Crippen LogP contribution in [0.25, 0.3) is 0 Å². The van der Waals surface area contributed by atoms with E-state index < -0.39 is 15.5 Å². The van der Waals surface area contributed by atoms with Crippen LogP contribution in [-0.4, -0.2) is 35.5 Å². The molecule has 0 unspecified atom stereocenters. The lowest BCUT2D eigenvalue weighted by atomic mass is 10.3. The molecule has 4 aromatic rings. The number of para-hydroxylation sites is 4. The molecule has 0 heterocycles. The topological polar surface area (TPSA) is 77.5 Å². The van der Waals surface area contributed by atoms with Crippen molar-refractivity contribution in [1.29, 1.82) is 0 Å². The van der Waals surface area contributed by atoms with Gasteiger partial charge >= 0.3 is 15.5 Å². The Kier molecular flexibility index (Phi) is 11.7. The van der Waals surface area contributed by atoms with Crippen LogP contribution in [0.1, 0.15) is 26.7 Å². The molecule has 222 valence electrons. The molecule has 0 amide bonds. The molecule has 0 saturated heterocycles. The highest BCUT2D eigenvalue weighted by Crippen LogP contribution is 2.54. The van der Waals surface area contributed by atoms with Crippen molar-refractivity contribution < 1.29 is 27.2 Å². The van der Waals surface area contributed by atoms with E-state index in [9.17, 15) is 9.13 Å². The summed E-state index contributed by atoms with van der Waals surface area (Å²) in [5.74, 6) is 1.70. The summed E-state index contributed by atoms with van der Waals surface area (Å²) in [6, 6.07) is 35.9.